The van der Waals surface area contributed by atoms with Gasteiger partial charge in [0.25, 0.3) is 0 Å². The first-order chi connectivity index (χ1) is 6.75. The molecule has 0 aliphatic carbocycles. The zero-order valence-electron chi connectivity index (χ0n) is 8.54. The summed E-state index contributed by atoms with van der Waals surface area (Å²) in [6.45, 7) is 4.17. The van der Waals surface area contributed by atoms with Gasteiger partial charge >= 0.3 is 0 Å². The van der Waals surface area contributed by atoms with Crippen molar-refractivity contribution in [2.45, 2.75) is 13.8 Å². The molecule has 2 aromatic rings. The quantitative estimate of drug-likeness (QED) is 0.628. The SMILES string of the molecule is Cc1[c]c(C)cc(-c2ccccc2)c1. The summed E-state index contributed by atoms with van der Waals surface area (Å²) >= 11 is 0. The Kier molecular flexibility index (Phi) is 2.36. The van der Waals surface area contributed by atoms with E-state index in [9.17, 15) is 0 Å². The summed E-state index contributed by atoms with van der Waals surface area (Å²) in [7, 11) is 0. The molecule has 2 aromatic carbocycles. The average molecular weight is 181 g/mol. The third-order valence-corrected chi connectivity index (χ3v) is 2.25. The van der Waals surface area contributed by atoms with E-state index in [-0.39, 0.29) is 0 Å². The summed E-state index contributed by atoms with van der Waals surface area (Å²) in [4.78, 5) is 0. The summed E-state index contributed by atoms with van der Waals surface area (Å²) < 4.78 is 0. The van der Waals surface area contributed by atoms with E-state index in [0.29, 0.717) is 0 Å². The summed E-state index contributed by atoms with van der Waals surface area (Å²) in [5, 5.41) is 0. The lowest BCUT2D eigenvalue weighted by Gasteiger charge is -2.04. The van der Waals surface area contributed by atoms with Crippen LogP contribution in [-0.2, 0) is 0 Å². The van der Waals surface area contributed by atoms with Gasteiger partial charge in [-0.3, -0.25) is 0 Å². The van der Waals surface area contributed by atoms with E-state index < -0.39 is 0 Å². The van der Waals surface area contributed by atoms with Gasteiger partial charge in [-0.2, -0.15) is 0 Å². The molecule has 0 heterocycles. The highest BCUT2D eigenvalue weighted by molar-refractivity contribution is 5.64. The molecule has 69 valence electrons. The fraction of sp³-hybridized carbons (Fsp3) is 0.143. The smallest absolute Gasteiger partial charge is 0.0120 e. The number of hydrogen-bond donors (Lipinski definition) is 0. The third-order valence-electron chi connectivity index (χ3n) is 2.25. The molecule has 1 radical (unpaired) electrons. The van der Waals surface area contributed by atoms with E-state index >= 15 is 0 Å². The van der Waals surface area contributed by atoms with Gasteiger partial charge in [0.05, 0.1) is 0 Å². The summed E-state index contributed by atoms with van der Waals surface area (Å²) in [5.74, 6) is 0. The average Bonchev–Trinajstić information content (AvgIpc) is 2.18. The van der Waals surface area contributed by atoms with Crippen LogP contribution in [0.2, 0.25) is 0 Å². The molecule has 0 aliphatic rings. The van der Waals surface area contributed by atoms with Crippen molar-refractivity contribution in [1.82, 2.24) is 0 Å². The molecule has 0 N–H and O–H groups in total. The first kappa shape index (κ1) is 9.01. The maximum Gasteiger partial charge on any atom is -0.0120 e. The molecule has 0 heteroatoms. The first-order valence-corrected chi connectivity index (χ1v) is 4.82. The molecule has 0 amide bonds. The van der Waals surface area contributed by atoms with Gasteiger partial charge in [0.15, 0.2) is 0 Å². The molecule has 0 spiro atoms. The molecule has 0 aliphatic heterocycles. The minimum atomic E-state index is 1.20. The number of aryl methyl sites for hydroxylation is 2. The second-order valence-electron chi connectivity index (χ2n) is 3.60. The van der Waals surface area contributed by atoms with Gasteiger partial charge in [-0.15, -0.1) is 0 Å². The van der Waals surface area contributed by atoms with Crippen LogP contribution in [0.25, 0.3) is 11.1 Å². The van der Waals surface area contributed by atoms with Crippen LogP contribution in [0.1, 0.15) is 11.1 Å². The van der Waals surface area contributed by atoms with E-state index in [2.05, 4.69) is 56.3 Å². The zero-order valence-corrected chi connectivity index (χ0v) is 8.54. The number of rotatable bonds is 1. The summed E-state index contributed by atoms with van der Waals surface area (Å²) in [5.41, 5.74) is 4.94. The Labute approximate surface area is 85.2 Å². The molecule has 0 unspecified atom stereocenters. The third kappa shape index (κ3) is 1.85. The lowest BCUT2D eigenvalue weighted by molar-refractivity contribution is 1.37. The Morgan fingerprint density at radius 1 is 0.786 bits per heavy atom. The summed E-state index contributed by atoms with van der Waals surface area (Å²) in [6.07, 6.45) is 0. The van der Waals surface area contributed by atoms with E-state index in [0.717, 1.165) is 0 Å². The van der Waals surface area contributed by atoms with Gasteiger partial charge in [-0.1, -0.05) is 42.5 Å². The van der Waals surface area contributed by atoms with Gasteiger partial charge in [0.2, 0.25) is 0 Å². The van der Waals surface area contributed by atoms with Crippen molar-refractivity contribution in [3.63, 3.8) is 0 Å². The summed E-state index contributed by atoms with van der Waals surface area (Å²) in [6, 6.07) is 18.1. The second-order valence-corrected chi connectivity index (χ2v) is 3.60. The van der Waals surface area contributed by atoms with Crippen molar-refractivity contribution < 1.29 is 0 Å². The zero-order chi connectivity index (χ0) is 9.97. The predicted octanol–water partition coefficient (Wildman–Crippen LogP) is 3.77. The van der Waals surface area contributed by atoms with Crippen molar-refractivity contribution in [3.8, 4) is 11.1 Å². The van der Waals surface area contributed by atoms with Crippen LogP contribution in [0.3, 0.4) is 0 Å². The minimum Gasteiger partial charge on any atom is -0.0622 e. The van der Waals surface area contributed by atoms with Crippen molar-refractivity contribution >= 4 is 0 Å². The Morgan fingerprint density at radius 2 is 1.36 bits per heavy atom. The lowest BCUT2D eigenvalue weighted by atomic mass is 10.0. The van der Waals surface area contributed by atoms with Crippen LogP contribution in [0.5, 0.6) is 0 Å². The molecule has 0 saturated carbocycles. The number of benzene rings is 2. The Bertz CT molecular complexity index is 407. The fourth-order valence-electron chi connectivity index (χ4n) is 1.69. The highest BCUT2D eigenvalue weighted by Gasteiger charge is 1.98. The Morgan fingerprint density at radius 3 is 1.93 bits per heavy atom. The standard InChI is InChI=1S/C14H13/c1-11-8-12(2)10-14(9-11)13-6-4-3-5-7-13/h3-7,9-10H,1-2H3. The second kappa shape index (κ2) is 3.67. The van der Waals surface area contributed by atoms with E-state index in [1.165, 1.54) is 22.3 Å². The molecule has 0 saturated heterocycles. The minimum absolute atomic E-state index is 1.20. The van der Waals surface area contributed by atoms with Crippen molar-refractivity contribution in [1.29, 1.82) is 0 Å². The first-order valence-electron chi connectivity index (χ1n) is 4.82. The molecule has 0 aromatic heterocycles. The van der Waals surface area contributed by atoms with Crippen LogP contribution in [0.15, 0.2) is 42.5 Å². The van der Waals surface area contributed by atoms with Crippen LogP contribution in [0, 0.1) is 19.9 Å². The van der Waals surface area contributed by atoms with Gasteiger partial charge in [0.1, 0.15) is 0 Å². The number of hydrogen-bond acceptors (Lipinski definition) is 0. The topological polar surface area (TPSA) is 0 Å². The van der Waals surface area contributed by atoms with Crippen LogP contribution in [-0.4, -0.2) is 0 Å². The normalized spacial score (nSPS) is 10.1. The maximum atomic E-state index is 3.28. The lowest BCUT2D eigenvalue weighted by Crippen LogP contribution is -1.82. The van der Waals surface area contributed by atoms with Gasteiger partial charge < -0.3 is 0 Å². The van der Waals surface area contributed by atoms with E-state index in [4.69, 9.17) is 0 Å². The molecule has 0 nitrogen and oxygen atoms in total. The Hall–Kier alpha value is -1.56. The fourth-order valence-corrected chi connectivity index (χ4v) is 1.69. The maximum absolute atomic E-state index is 3.28. The predicted molar refractivity (Wildman–Crippen MR) is 60.2 cm³/mol. The molecular weight excluding hydrogens is 168 g/mol. The molecule has 0 bridgehead atoms. The molecule has 0 fully saturated rings. The molecule has 0 atom stereocenters. The highest BCUT2D eigenvalue weighted by atomic mass is 14.0. The largest absolute Gasteiger partial charge is 0.0622 e. The van der Waals surface area contributed by atoms with E-state index in [1.54, 1.807) is 0 Å². The monoisotopic (exact) mass is 181 g/mol. The van der Waals surface area contributed by atoms with Gasteiger partial charge in [-0.25, -0.2) is 0 Å². The van der Waals surface area contributed by atoms with E-state index in [1.807, 2.05) is 6.07 Å². The molecule has 2 rings (SSSR count). The van der Waals surface area contributed by atoms with Crippen molar-refractivity contribution in [2.75, 3.05) is 0 Å². The van der Waals surface area contributed by atoms with Crippen LogP contribution in [0.4, 0.5) is 0 Å². The highest BCUT2D eigenvalue weighted by Crippen LogP contribution is 2.21. The van der Waals surface area contributed by atoms with Crippen molar-refractivity contribution in [3.05, 3.63) is 59.7 Å². The molecular formula is C14H13. The van der Waals surface area contributed by atoms with Gasteiger partial charge in [0, 0.05) is 0 Å². The van der Waals surface area contributed by atoms with Crippen molar-refractivity contribution in [2.24, 2.45) is 0 Å². The Balaban J connectivity index is 2.52. The molecule has 14 heavy (non-hydrogen) atoms. The van der Waals surface area contributed by atoms with Crippen LogP contribution >= 0.6 is 0 Å². The van der Waals surface area contributed by atoms with Crippen LogP contribution < -0.4 is 0 Å². The van der Waals surface area contributed by atoms with Gasteiger partial charge in [-0.05, 0) is 42.2 Å².